The second kappa shape index (κ2) is 10.0. The van der Waals surface area contributed by atoms with Crippen molar-refractivity contribution in [3.05, 3.63) is 29.3 Å². The van der Waals surface area contributed by atoms with Gasteiger partial charge in [-0.2, -0.15) is 0 Å². The molecule has 0 unspecified atom stereocenters. The molecule has 1 aromatic rings. The summed E-state index contributed by atoms with van der Waals surface area (Å²) in [5.41, 5.74) is 1.20. The molecule has 146 valence electrons. The van der Waals surface area contributed by atoms with E-state index in [9.17, 15) is 13.2 Å². The maximum absolute atomic E-state index is 12.6. The summed E-state index contributed by atoms with van der Waals surface area (Å²) in [5, 5.41) is 3.05. The molecule has 0 heterocycles. The fourth-order valence-corrected chi connectivity index (χ4v) is 4.23. The predicted octanol–water partition coefficient (Wildman–Crippen LogP) is 2.76. The van der Waals surface area contributed by atoms with E-state index in [0.717, 1.165) is 31.2 Å². The van der Waals surface area contributed by atoms with Crippen molar-refractivity contribution < 1.29 is 17.9 Å². The third kappa shape index (κ3) is 6.07. The van der Waals surface area contributed by atoms with E-state index in [-0.39, 0.29) is 16.8 Å². The van der Waals surface area contributed by atoms with E-state index in [1.807, 2.05) is 13.8 Å². The zero-order chi connectivity index (χ0) is 19.0. The Labute approximate surface area is 156 Å². The SMILES string of the molecule is CCOCCCNS(=O)(=O)c1ccc(C)c(C(=O)NC2CCCCC2)c1. The van der Waals surface area contributed by atoms with Gasteiger partial charge in [-0.25, -0.2) is 13.1 Å². The molecule has 0 spiro atoms. The molecule has 1 amide bonds. The van der Waals surface area contributed by atoms with Crippen LogP contribution in [0.25, 0.3) is 0 Å². The van der Waals surface area contributed by atoms with Gasteiger partial charge in [0.25, 0.3) is 5.91 Å². The Balaban J connectivity index is 2.03. The summed E-state index contributed by atoms with van der Waals surface area (Å²) in [7, 11) is -3.64. The Kier molecular flexibility index (Phi) is 8.06. The quantitative estimate of drug-likeness (QED) is 0.643. The van der Waals surface area contributed by atoms with E-state index in [4.69, 9.17) is 4.74 Å². The number of sulfonamides is 1. The Hall–Kier alpha value is -1.44. The summed E-state index contributed by atoms with van der Waals surface area (Å²) in [5.74, 6) is -0.192. The molecular weight excluding hydrogens is 352 g/mol. The van der Waals surface area contributed by atoms with Crippen LogP contribution in [-0.4, -0.2) is 40.1 Å². The number of carbonyl (C=O) groups is 1. The Morgan fingerprint density at radius 2 is 1.96 bits per heavy atom. The molecule has 1 aromatic carbocycles. The van der Waals surface area contributed by atoms with Gasteiger partial charge in [-0.1, -0.05) is 25.3 Å². The first kappa shape index (κ1) is 20.9. The first-order valence-corrected chi connectivity index (χ1v) is 10.9. The van der Waals surface area contributed by atoms with Crippen LogP contribution in [0.1, 0.15) is 61.4 Å². The van der Waals surface area contributed by atoms with Crippen molar-refractivity contribution in [2.75, 3.05) is 19.8 Å². The third-order valence-electron chi connectivity index (χ3n) is 4.67. The highest BCUT2D eigenvalue weighted by Crippen LogP contribution is 2.20. The molecule has 0 saturated heterocycles. The second-order valence-electron chi connectivity index (χ2n) is 6.73. The molecule has 26 heavy (non-hydrogen) atoms. The number of hydrogen-bond acceptors (Lipinski definition) is 4. The lowest BCUT2D eigenvalue weighted by Crippen LogP contribution is -2.36. The van der Waals surface area contributed by atoms with Crippen LogP contribution in [-0.2, 0) is 14.8 Å². The van der Waals surface area contributed by atoms with Crippen molar-refractivity contribution >= 4 is 15.9 Å². The van der Waals surface area contributed by atoms with Crippen LogP contribution in [0.3, 0.4) is 0 Å². The number of aryl methyl sites for hydroxylation is 1. The van der Waals surface area contributed by atoms with Gasteiger partial charge >= 0.3 is 0 Å². The summed E-state index contributed by atoms with van der Waals surface area (Å²) >= 11 is 0. The highest BCUT2D eigenvalue weighted by molar-refractivity contribution is 7.89. The molecule has 1 aliphatic rings. The Morgan fingerprint density at radius 1 is 1.23 bits per heavy atom. The summed E-state index contributed by atoms with van der Waals surface area (Å²) in [6.07, 6.45) is 6.06. The second-order valence-corrected chi connectivity index (χ2v) is 8.50. The Morgan fingerprint density at radius 3 is 2.65 bits per heavy atom. The summed E-state index contributed by atoms with van der Waals surface area (Å²) in [6.45, 7) is 5.16. The van der Waals surface area contributed by atoms with Crippen molar-refractivity contribution in [2.45, 2.75) is 63.3 Å². The van der Waals surface area contributed by atoms with Crippen molar-refractivity contribution in [1.29, 1.82) is 0 Å². The van der Waals surface area contributed by atoms with Gasteiger partial charge in [-0.05, 0) is 50.8 Å². The monoisotopic (exact) mass is 382 g/mol. The van der Waals surface area contributed by atoms with E-state index < -0.39 is 10.0 Å². The molecule has 1 aliphatic carbocycles. The number of carbonyl (C=O) groups excluding carboxylic acids is 1. The first-order chi connectivity index (χ1) is 12.4. The number of ether oxygens (including phenoxy) is 1. The van der Waals surface area contributed by atoms with Gasteiger partial charge in [0, 0.05) is 31.4 Å². The molecule has 2 rings (SSSR count). The van der Waals surface area contributed by atoms with Crippen molar-refractivity contribution in [3.8, 4) is 0 Å². The molecule has 0 aromatic heterocycles. The third-order valence-corrected chi connectivity index (χ3v) is 6.12. The standard InChI is InChI=1S/C19H30N2O4S/c1-3-25-13-7-12-20-26(23,24)17-11-10-15(2)18(14-17)19(22)21-16-8-5-4-6-9-16/h10-11,14,16,20H,3-9,12-13H2,1-2H3,(H,21,22). The number of hydrogen-bond donors (Lipinski definition) is 2. The highest BCUT2D eigenvalue weighted by atomic mass is 32.2. The Bertz CT molecular complexity index is 697. The van der Waals surface area contributed by atoms with Gasteiger partial charge in [0.1, 0.15) is 0 Å². The van der Waals surface area contributed by atoms with Crippen molar-refractivity contribution in [2.24, 2.45) is 0 Å². The number of amides is 1. The molecular formula is C19H30N2O4S. The summed E-state index contributed by atoms with van der Waals surface area (Å²) in [4.78, 5) is 12.7. The van der Waals surface area contributed by atoms with Crippen LogP contribution in [0.5, 0.6) is 0 Å². The van der Waals surface area contributed by atoms with Gasteiger partial charge < -0.3 is 10.1 Å². The molecule has 2 N–H and O–H groups in total. The number of nitrogens with one attached hydrogen (secondary N) is 2. The number of benzene rings is 1. The fourth-order valence-electron chi connectivity index (χ4n) is 3.13. The van der Waals surface area contributed by atoms with Crippen LogP contribution < -0.4 is 10.0 Å². The van der Waals surface area contributed by atoms with Crippen LogP contribution >= 0.6 is 0 Å². The van der Waals surface area contributed by atoms with Gasteiger partial charge in [-0.3, -0.25) is 4.79 Å². The van der Waals surface area contributed by atoms with E-state index >= 15 is 0 Å². The van der Waals surface area contributed by atoms with Crippen molar-refractivity contribution in [1.82, 2.24) is 10.0 Å². The lowest BCUT2D eigenvalue weighted by atomic mass is 9.95. The minimum absolute atomic E-state index is 0.119. The topological polar surface area (TPSA) is 84.5 Å². The molecule has 0 radical (unpaired) electrons. The van der Waals surface area contributed by atoms with E-state index in [1.165, 1.54) is 18.6 Å². The van der Waals surface area contributed by atoms with E-state index in [1.54, 1.807) is 6.07 Å². The fraction of sp³-hybridized carbons (Fsp3) is 0.632. The van der Waals surface area contributed by atoms with Crippen LogP contribution in [0.4, 0.5) is 0 Å². The molecule has 0 bridgehead atoms. The predicted molar refractivity (Wildman–Crippen MR) is 102 cm³/mol. The van der Waals surface area contributed by atoms with E-state index in [0.29, 0.717) is 31.7 Å². The molecule has 0 aliphatic heterocycles. The van der Waals surface area contributed by atoms with Crippen LogP contribution in [0.15, 0.2) is 23.1 Å². The lowest BCUT2D eigenvalue weighted by molar-refractivity contribution is 0.0927. The molecule has 7 heteroatoms. The largest absolute Gasteiger partial charge is 0.382 e. The molecule has 1 fully saturated rings. The zero-order valence-corrected chi connectivity index (χ0v) is 16.5. The van der Waals surface area contributed by atoms with Gasteiger partial charge in [0.15, 0.2) is 0 Å². The number of rotatable bonds is 9. The summed E-state index contributed by atoms with van der Waals surface area (Å²) in [6, 6.07) is 4.88. The van der Waals surface area contributed by atoms with Gasteiger partial charge in [-0.15, -0.1) is 0 Å². The average Bonchev–Trinajstić information content (AvgIpc) is 2.62. The smallest absolute Gasteiger partial charge is 0.251 e. The molecule has 6 nitrogen and oxygen atoms in total. The zero-order valence-electron chi connectivity index (χ0n) is 15.7. The van der Waals surface area contributed by atoms with Crippen LogP contribution in [0.2, 0.25) is 0 Å². The summed E-state index contributed by atoms with van der Waals surface area (Å²) < 4.78 is 32.7. The molecule has 1 saturated carbocycles. The minimum Gasteiger partial charge on any atom is -0.382 e. The lowest BCUT2D eigenvalue weighted by Gasteiger charge is -2.23. The van der Waals surface area contributed by atoms with Gasteiger partial charge in [0.05, 0.1) is 4.90 Å². The highest BCUT2D eigenvalue weighted by Gasteiger charge is 2.20. The minimum atomic E-state index is -3.64. The maximum atomic E-state index is 12.6. The van der Waals surface area contributed by atoms with Crippen molar-refractivity contribution in [3.63, 3.8) is 0 Å². The normalized spacial score (nSPS) is 15.8. The van der Waals surface area contributed by atoms with Gasteiger partial charge in [0.2, 0.25) is 10.0 Å². The maximum Gasteiger partial charge on any atom is 0.251 e. The average molecular weight is 383 g/mol. The van der Waals surface area contributed by atoms with E-state index in [2.05, 4.69) is 10.0 Å². The first-order valence-electron chi connectivity index (χ1n) is 9.43. The van der Waals surface area contributed by atoms with Crippen LogP contribution in [0, 0.1) is 6.92 Å². The molecule has 0 atom stereocenters.